The van der Waals surface area contributed by atoms with E-state index in [0.29, 0.717) is 29.0 Å². The summed E-state index contributed by atoms with van der Waals surface area (Å²) < 4.78 is 7.44. The van der Waals surface area contributed by atoms with Crippen molar-refractivity contribution in [1.82, 2.24) is 9.88 Å². The third-order valence-corrected chi connectivity index (χ3v) is 6.97. The molecular formula is C21H26ClN3O2S2. The normalized spacial score (nSPS) is 11.3. The van der Waals surface area contributed by atoms with Crippen molar-refractivity contribution in [1.29, 1.82) is 0 Å². The zero-order chi connectivity index (χ0) is 20.8. The fourth-order valence-corrected chi connectivity index (χ4v) is 5.20. The second kappa shape index (κ2) is 10.4. The second-order valence-corrected chi connectivity index (χ2v) is 9.30. The summed E-state index contributed by atoms with van der Waals surface area (Å²) in [5.41, 5.74) is 0.814. The number of fused-ring (bicyclic) bond motifs is 1. The van der Waals surface area contributed by atoms with Crippen LogP contribution in [0, 0.1) is 0 Å². The van der Waals surface area contributed by atoms with Gasteiger partial charge in [-0.05, 0) is 44.3 Å². The van der Waals surface area contributed by atoms with Gasteiger partial charge in [-0.3, -0.25) is 9.69 Å². The minimum atomic E-state index is 0.0349. The zero-order valence-electron chi connectivity index (χ0n) is 17.0. The molecule has 29 heavy (non-hydrogen) atoms. The van der Waals surface area contributed by atoms with Gasteiger partial charge in [-0.15, -0.1) is 11.3 Å². The van der Waals surface area contributed by atoms with E-state index in [-0.39, 0.29) is 5.91 Å². The molecule has 0 saturated heterocycles. The second-order valence-electron chi connectivity index (χ2n) is 6.49. The van der Waals surface area contributed by atoms with Gasteiger partial charge >= 0.3 is 0 Å². The number of carbonyl (C=O) groups is 1. The average Bonchev–Trinajstić information content (AvgIpc) is 3.32. The zero-order valence-corrected chi connectivity index (χ0v) is 19.4. The van der Waals surface area contributed by atoms with E-state index in [0.717, 1.165) is 40.5 Å². The van der Waals surface area contributed by atoms with Crippen LogP contribution < -0.4 is 9.64 Å². The lowest BCUT2D eigenvalue weighted by molar-refractivity contribution is -0.118. The average molecular weight is 452 g/mol. The first-order valence-corrected chi connectivity index (χ1v) is 11.9. The molecule has 1 aromatic carbocycles. The summed E-state index contributed by atoms with van der Waals surface area (Å²) in [5, 5.41) is 0.715. The number of amides is 1. The first kappa shape index (κ1) is 22.0. The van der Waals surface area contributed by atoms with Gasteiger partial charge in [0.05, 0.1) is 22.1 Å². The highest BCUT2D eigenvalue weighted by molar-refractivity contribution is 7.22. The Balaban J connectivity index is 1.90. The monoisotopic (exact) mass is 451 g/mol. The highest BCUT2D eigenvalue weighted by atomic mass is 35.5. The van der Waals surface area contributed by atoms with Crippen molar-refractivity contribution in [2.24, 2.45) is 0 Å². The number of anilines is 1. The van der Waals surface area contributed by atoms with Gasteiger partial charge in [0, 0.05) is 18.0 Å². The number of rotatable bonds is 10. The molecule has 0 unspecified atom stereocenters. The van der Waals surface area contributed by atoms with Crippen molar-refractivity contribution in [3.05, 3.63) is 39.5 Å². The molecule has 0 aliphatic rings. The maximum Gasteiger partial charge on any atom is 0.234 e. The SMILES string of the molecule is CCOc1cccc2sc(N(CCN(CC)CC)C(=O)Cc3ccc(Cl)s3)nc12. The van der Waals surface area contributed by atoms with Crippen LogP contribution in [0.4, 0.5) is 5.13 Å². The van der Waals surface area contributed by atoms with E-state index in [1.807, 2.05) is 42.2 Å². The van der Waals surface area contributed by atoms with Crippen molar-refractivity contribution in [3.8, 4) is 5.75 Å². The van der Waals surface area contributed by atoms with Crippen LogP contribution in [0.25, 0.3) is 10.2 Å². The molecule has 0 radical (unpaired) electrons. The quantitative estimate of drug-likeness (QED) is 0.418. The number of para-hydroxylation sites is 1. The lowest BCUT2D eigenvalue weighted by atomic mass is 10.3. The van der Waals surface area contributed by atoms with Gasteiger partial charge in [-0.1, -0.05) is 42.9 Å². The van der Waals surface area contributed by atoms with Crippen molar-refractivity contribution in [2.75, 3.05) is 37.7 Å². The Morgan fingerprint density at radius 2 is 1.90 bits per heavy atom. The summed E-state index contributed by atoms with van der Waals surface area (Å²) in [6, 6.07) is 9.65. The number of likely N-dealkylation sites (N-methyl/N-ethyl adjacent to an activating group) is 1. The van der Waals surface area contributed by atoms with E-state index in [1.54, 1.807) is 0 Å². The number of aromatic nitrogens is 1. The van der Waals surface area contributed by atoms with E-state index in [1.165, 1.54) is 22.7 Å². The smallest absolute Gasteiger partial charge is 0.234 e. The third kappa shape index (κ3) is 5.48. The third-order valence-electron chi connectivity index (χ3n) is 4.69. The lowest BCUT2D eigenvalue weighted by Crippen LogP contribution is -2.39. The summed E-state index contributed by atoms with van der Waals surface area (Å²) in [6.45, 7) is 10.1. The number of thiazole rings is 1. The highest BCUT2D eigenvalue weighted by Crippen LogP contribution is 2.34. The Kier molecular flexibility index (Phi) is 7.89. The predicted molar refractivity (Wildman–Crippen MR) is 124 cm³/mol. The van der Waals surface area contributed by atoms with E-state index >= 15 is 0 Å². The molecule has 3 rings (SSSR count). The number of halogens is 1. The minimum absolute atomic E-state index is 0.0349. The summed E-state index contributed by atoms with van der Waals surface area (Å²) >= 11 is 9.02. The molecule has 2 heterocycles. The molecule has 0 atom stereocenters. The summed E-state index contributed by atoms with van der Waals surface area (Å²) in [6.07, 6.45) is 0.323. The molecule has 156 valence electrons. The molecule has 0 spiro atoms. The van der Waals surface area contributed by atoms with Crippen molar-refractivity contribution >= 4 is 55.5 Å². The number of hydrogen-bond acceptors (Lipinski definition) is 6. The van der Waals surface area contributed by atoms with Gasteiger partial charge < -0.3 is 9.64 Å². The van der Waals surface area contributed by atoms with E-state index in [9.17, 15) is 4.79 Å². The fourth-order valence-electron chi connectivity index (χ4n) is 3.10. The molecule has 8 heteroatoms. The molecule has 1 amide bonds. The number of nitrogens with zero attached hydrogens (tertiary/aromatic N) is 3. The van der Waals surface area contributed by atoms with Gasteiger partial charge in [-0.25, -0.2) is 4.98 Å². The molecule has 3 aromatic rings. The molecule has 0 bridgehead atoms. The van der Waals surface area contributed by atoms with Crippen LogP contribution in [-0.2, 0) is 11.2 Å². The lowest BCUT2D eigenvalue weighted by Gasteiger charge is -2.24. The topological polar surface area (TPSA) is 45.7 Å². The maximum atomic E-state index is 13.2. The molecule has 0 aliphatic carbocycles. The number of hydrogen-bond donors (Lipinski definition) is 0. The molecule has 0 saturated carbocycles. The Morgan fingerprint density at radius 1 is 1.10 bits per heavy atom. The van der Waals surface area contributed by atoms with Crippen LogP contribution in [0.15, 0.2) is 30.3 Å². The van der Waals surface area contributed by atoms with Gasteiger partial charge in [0.2, 0.25) is 5.91 Å². The molecule has 0 fully saturated rings. The summed E-state index contributed by atoms with van der Waals surface area (Å²) in [5.74, 6) is 0.793. The van der Waals surface area contributed by atoms with Crippen LogP contribution in [-0.4, -0.2) is 48.6 Å². The maximum absolute atomic E-state index is 13.2. The number of benzene rings is 1. The summed E-state index contributed by atoms with van der Waals surface area (Å²) in [7, 11) is 0. The predicted octanol–water partition coefficient (Wildman–Crippen LogP) is 5.33. The molecular weight excluding hydrogens is 426 g/mol. The minimum Gasteiger partial charge on any atom is -0.492 e. The van der Waals surface area contributed by atoms with Crippen LogP contribution in [0.5, 0.6) is 5.75 Å². The van der Waals surface area contributed by atoms with Crippen molar-refractivity contribution in [3.63, 3.8) is 0 Å². The Morgan fingerprint density at radius 3 is 2.55 bits per heavy atom. The molecule has 2 aromatic heterocycles. The van der Waals surface area contributed by atoms with E-state index < -0.39 is 0 Å². The van der Waals surface area contributed by atoms with Gasteiger partial charge in [0.1, 0.15) is 11.3 Å². The number of ether oxygens (including phenoxy) is 1. The van der Waals surface area contributed by atoms with E-state index in [4.69, 9.17) is 21.3 Å². The largest absolute Gasteiger partial charge is 0.492 e. The van der Waals surface area contributed by atoms with Crippen LogP contribution in [0.3, 0.4) is 0 Å². The Bertz CT molecular complexity index is 952. The molecule has 0 aliphatic heterocycles. The highest BCUT2D eigenvalue weighted by Gasteiger charge is 2.22. The standard InChI is InChI=1S/C21H26ClN3O2S2/c1-4-24(5-2)12-13-25(19(26)14-15-10-11-18(22)28-15)21-23-20-16(27-6-3)8-7-9-17(20)29-21/h7-11H,4-6,12-14H2,1-3H3. The molecule has 0 N–H and O–H groups in total. The van der Waals surface area contributed by atoms with Crippen molar-refractivity contribution < 1.29 is 9.53 Å². The first-order valence-electron chi connectivity index (χ1n) is 9.84. The Labute approximate surface area is 184 Å². The van der Waals surface area contributed by atoms with Crippen LogP contribution in [0.2, 0.25) is 4.34 Å². The van der Waals surface area contributed by atoms with Crippen LogP contribution >= 0.6 is 34.3 Å². The van der Waals surface area contributed by atoms with E-state index in [2.05, 4.69) is 18.7 Å². The Hall–Kier alpha value is -1.67. The number of carbonyl (C=O) groups excluding carboxylic acids is 1. The van der Waals surface area contributed by atoms with Gasteiger partial charge in [-0.2, -0.15) is 0 Å². The summed E-state index contributed by atoms with van der Waals surface area (Å²) in [4.78, 5) is 23.1. The van der Waals surface area contributed by atoms with Crippen molar-refractivity contribution in [2.45, 2.75) is 27.2 Å². The fraction of sp³-hybridized carbons (Fsp3) is 0.429. The van der Waals surface area contributed by atoms with Crippen LogP contribution in [0.1, 0.15) is 25.6 Å². The first-order chi connectivity index (χ1) is 14.0. The number of thiophene rings is 1. The van der Waals surface area contributed by atoms with Gasteiger partial charge in [0.25, 0.3) is 0 Å². The molecule has 5 nitrogen and oxygen atoms in total. The van der Waals surface area contributed by atoms with Gasteiger partial charge in [0.15, 0.2) is 5.13 Å².